The topological polar surface area (TPSA) is 12.0 Å². The second-order valence-corrected chi connectivity index (χ2v) is 8.08. The molecule has 118 valence electrons. The highest BCUT2D eigenvalue weighted by atomic mass is 31.1. The molecule has 2 aromatic rings. The van der Waals surface area contributed by atoms with Crippen LogP contribution in [0.3, 0.4) is 0 Å². The van der Waals surface area contributed by atoms with E-state index in [-0.39, 0.29) is 0 Å². The van der Waals surface area contributed by atoms with Crippen molar-refractivity contribution in [2.45, 2.75) is 19.9 Å². The minimum atomic E-state index is -0.476. The highest BCUT2D eigenvalue weighted by Crippen LogP contribution is 2.49. The SMILES string of the molecule is CCN[C@H](C)C1C=CC=C1P(c1ccccc1)c1ccccc1. The van der Waals surface area contributed by atoms with Gasteiger partial charge in [-0.2, -0.15) is 0 Å². The molecule has 23 heavy (non-hydrogen) atoms. The van der Waals surface area contributed by atoms with Crippen LogP contribution in [0.1, 0.15) is 13.8 Å². The summed E-state index contributed by atoms with van der Waals surface area (Å²) in [5.74, 6) is 0.474. The van der Waals surface area contributed by atoms with Crippen LogP contribution >= 0.6 is 7.92 Å². The van der Waals surface area contributed by atoms with Crippen molar-refractivity contribution in [3.8, 4) is 0 Å². The van der Waals surface area contributed by atoms with Crippen molar-refractivity contribution >= 4 is 18.5 Å². The van der Waals surface area contributed by atoms with Crippen LogP contribution in [0.4, 0.5) is 0 Å². The van der Waals surface area contributed by atoms with Crippen molar-refractivity contribution in [1.29, 1.82) is 0 Å². The summed E-state index contributed by atoms with van der Waals surface area (Å²) in [5, 5.41) is 8.00. The van der Waals surface area contributed by atoms with Crippen molar-refractivity contribution in [1.82, 2.24) is 5.32 Å². The van der Waals surface area contributed by atoms with E-state index in [1.54, 1.807) is 5.31 Å². The average molecular weight is 321 g/mol. The van der Waals surface area contributed by atoms with Crippen LogP contribution in [0, 0.1) is 5.92 Å². The number of nitrogens with one attached hydrogen (secondary N) is 1. The number of hydrogen-bond acceptors (Lipinski definition) is 1. The van der Waals surface area contributed by atoms with Gasteiger partial charge in [0.05, 0.1) is 0 Å². The van der Waals surface area contributed by atoms with Crippen molar-refractivity contribution in [3.05, 3.63) is 84.2 Å². The van der Waals surface area contributed by atoms with Crippen molar-refractivity contribution in [3.63, 3.8) is 0 Å². The summed E-state index contributed by atoms with van der Waals surface area (Å²) in [7, 11) is -0.476. The van der Waals surface area contributed by atoms with Gasteiger partial charge in [0.25, 0.3) is 0 Å². The molecule has 1 nitrogen and oxygen atoms in total. The summed E-state index contributed by atoms with van der Waals surface area (Å²) in [4.78, 5) is 0. The van der Waals surface area contributed by atoms with E-state index in [2.05, 4.69) is 98.1 Å². The van der Waals surface area contributed by atoms with Crippen LogP contribution in [0.25, 0.3) is 0 Å². The Labute approximate surface area is 140 Å². The van der Waals surface area contributed by atoms with Crippen molar-refractivity contribution in [2.75, 3.05) is 6.54 Å². The smallest absolute Gasteiger partial charge is 0.0183 e. The Kier molecular flexibility index (Phi) is 5.43. The first kappa shape index (κ1) is 16.2. The van der Waals surface area contributed by atoms with Gasteiger partial charge in [0.1, 0.15) is 0 Å². The normalized spacial score (nSPS) is 18.2. The van der Waals surface area contributed by atoms with Crippen LogP contribution in [-0.2, 0) is 0 Å². The molecule has 0 fully saturated rings. The lowest BCUT2D eigenvalue weighted by molar-refractivity contribution is 0.502. The van der Waals surface area contributed by atoms with Crippen LogP contribution < -0.4 is 15.9 Å². The molecule has 1 N–H and O–H groups in total. The van der Waals surface area contributed by atoms with E-state index in [4.69, 9.17) is 0 Å². The van der Waals surface area contributed by atoms with Crippen LogP contribution in [0.5, 0.6) is 0 Å². The maximum absolute atomic E-state index is 3.59. The lowest BCUT2D eigenvalue weighted by atomic mass is 10.0. The monoisotopic (exact) mass is 321 g/mol. The van der Waals surface area contributed by atoms with E-state index in [0.29, 0.717) is 12.0 Å². The van der Waals surface area contributed by atoms with Gasteiger partial charge in [0.15, 0.2) is 0 Å². The summed E-state index contributed by atoms with van der Waals surface area (Å²) < 4.78 is 0. The fourth-order valence-corrected chi connectivity index (χ4v) is 5.86. The maximum Gasteiger partial charge on any atom is 0.0183 e. The van der Waals surface area contributed by atoms with E-state index < -0.39 is 7.92 Å². The zero-order chi connectivity index (χ0) is 16.1. The zero-order valence-electron chi connectivity index (χ0n) is 13.8. The van der Waals surface area contributed by atoms with E-state index >= 15 is 0 Å². The third-order valence-electron chi connectivity index (χ3n) is 4.28. The largest absolute Gasteiger partial charge is 0.314 e. The Morgan fingerprint density at radius 3 is 2.04 bits per heavy atom. The van der Waals surface area contributed by atoms with Gasteiger partial charge in [0, 0.05) is 12.0 Å². The number of rotatable bonds is 6. The van der Waals surface area contributed by atoms with Gasteiger partial charge in [-0.1, -0.05) is 85.8 Å². The lowest BCUT2D eigenvalue weighted by Gasteiger charge is -2.29. The highest BCUT2D eigenvalue weighted by Gasteiger charge is 2.29. The van der Waals surface area contributed by atoms with Crippen LogP contribution in [-0.4, -0.2) is 12.6 Å². The molecule has 0 radical (unpaired) electrons. The fourth-order valence-electron chi connectivity index (χ4n) is 3.18. The fraction of sp³-hybridized carbons (Fsp3) is 0.238. The Bertz CT molecular complexity index is 636. The molecule has 2 heteroatoms. The molecule has 0 bridgehead atoms. The summed E-state index contributed by atoms with van der Waals surface area (Å²) in [6, 6.07) is 22.3. The molecule has 0 aliphatic heterocycles. The molecule has 0 amide bonds. The second-order valence-electron chi connectivity index (χ2n) is 5.86. The summed E-state index contributed by atoms with van der Waals surface area (Å²) in [5.41, 5.74) is 0. The minimum Gasteiger partial charge on any atom is -0.314 e. The molecule has 2 aromatic carbocycles. The van der Waals surface area contributed by atoms with Crippen LogP contribution in [0.15, 0.2) is 84.2 Å². The lowest BCUT2D eigenvalue weighted by Crippen LogP contribution is -2.33. The van der Waals surface area contributed by atoms with Gasteiger partial charge < -0.3 is 5.32 Å². The standard InChI is InChI=1S/C21H24NP/c1-3-22-17(2)20-15-10-16-21(20)23(18-11-6-4-7-12-18)19-13-8-5-9-14-19/h4-17,20,22H,3H2,1-2H3/t17-,20?/m1/s1. The van der Waals surface area contributed by atoms with Crippen molar-refractivity contribution in [2.24, 2.45) is 5.92 Å². The molecule has 0 aromatic heterocycles. The molecule has 1 aliphatic rings. The summed E-state index contributed by atoms with van der Waals surface area (Å²) >= 11 is 0. The molecule has 2 atom stereocenters. The number of allylic oxidation sites excluding steroid dienone is 2. The van der Waals surface area contributed by atoms with Crippen molar-refractivity contribution < 1.29 is 0 Å². The summed E-state index contributed by atoms with van der Waals surface area (Å²) in [6.07, 6.45) is 6.92. The third-order valence-corrected chi connectivity index (χ3v) is 6.87. The highest BCUT2D eigenvalue weighted by molar-refractivity contribution is 7.76. The molecular weight excluding hydrogens is 297 g/mol. The first-order valence-electron chi connectivity index (χ1n) is 8.33. The maximum atomic E-state index is 3.59. The second kappa shape index (κ2) is 7.73. The Morgan fingerprint density at radius 2 is 1.52 bits per heavy atom. The van der Waals surface area contributed by atoms with Gasteiger partial charge in [-0.3, -0.25) is 0 Å². The quantitative estimate of drug-likeness (QED) is 0.787. The van der Waals surface area contributed by atoms with E-state index in [1.165, 1.54) is 10.6 Å². The minimum absolute atomic E-state index is 0.461. The van der Waals surface area contributed by atoms with Gasteiger partial charge in [-0.15, -0.1) is 0 Å². The Balaban J connectivity index is 1.99. The molecule has 0 saturated carbocycles. The average Bonchev–Trinajstić information content (AvgIpc) is 3.07. The Morgan fingerprint density at radius 1 is 0.957 bits per heavy atom. The van der Waals surface area contributed by atoms with E-state index in [0.717, 1.165) is 6.54 Å². The predicted octanol–water partition coefficient (Wildman–Crippen LogP) is 4.19. The van der Waals surface area contributed by atoms with Gasteiger partial charge in [-0.25, -0.2) is 0 Å². The number of hydrogen-bond donors (Lipinski definition) is 1. The first-order valence-corrected chi connectivity index (χ1v) is 9.67. The molecule has 1 unspecified atom stereocenters. The zero-order valence-corrected chi connectivity index (χ0v) is 14.7. The molecular formula is C21H24NP. The molecule has 0 spiro atoms. The predicted molar refractivity (Wildman–Crippen MR) is 103 cm³/mol. The Hall–Kier alpha value is -1.69. The van der Waals surface area contributed by atoms with Crippen LogP contribution in [0.2, 0.25) is 0 Å². The first-order chi connectivity index (χ1) is 11.3. The molecule has 3 rings (SSSR count). The summed E-state index contributed by atoms with van der Waals surface area (Å²) in [6.45, 7) is 5.48. The molecule has 0 heterocycles. The number of benzene rings is 2. The van der Waals surface area contributed by atoms with Gasteiger partial charge >= 0.3 is 0 Å². The third kappa shape index (κ3) is 3.63. The molecule has 1 aliphatic carbocycles. The van der Waals surface area contributed by atoms with E-state index in [9.17, 15) is 0 Å². The van der Waals surface area contributed by atoms with E-state index in [1.807, 2.05) is 0 Å². The molecule has 0 saturated heterocycles. The van der Waals surface area contributed by atoms with Gasteiger partial charge in [0.2, 0.25) is 0 Å². The van der Waals surface area contributed by atoms with Gasteiger partial charge in [-0.05, 0) is 37.3 Å².